The van der Waals surface area contributed by atoms with Crippen LogP contribution in [0.15, 0.2) is 30.6 Å². The van der Waals surface area contributed by atoms with Crippen LogP contribution in [0.25, 0.3) is 11.0 Å². The largest absolute Gasteiger partial charge is 0.388 e. The predicted octanol–water partition coefficient (Wildman–Crippen LogP) is 1.58. The van der Waals surface area contributed by atoms with E-state index >= 15 is 0 Å². The quantitative estimate of drug-likeness (QED) is 0.903. The van der Waals surface area contributed by atoms with Crippen molar-refractivity contribution in [2.45, 2.75) is 31.9 Å². The number of rotatable bonds is 2. The number of para-hydroxylation sites is 2. The highest BCUT2D eigenvalue weighted by atomic mass is 16.3. The van der Waals surface area contributed by atoms with Crippen LogP contribution in [0, 0.1) is 0 Å². The van der Waals surface area contributed by atoms with E-state index < -0.39 is 5.60 Å². The summed E-state index contributed by atoms with van der Waals surface area (Å²) in [5.41, 5.74) is 1.09. The molecule has 2 aromatic rings. The second kappa shape index (κ2) is 4.59. The van der Waals surface area contributed by atoms with Crippen molar-refractivity contribution in [3.8, 4) is 0 Å². The molecular formula is C15H19N3O2. The Morgan fingerprint density at radius 3 is 2.90 bits per heavy atom. The van der Waals surface area contributed by atoms with Crippen LogP contribution >= 0.6 is 0 Å². The lowest BCUT2D eigenvalue weighted by Gasteiger charge is -2.23. The zero-order valence-corrected chi connectivity index (χ0v) is 11.8. The zero-order chi connectivity index (χ0) is 14.3. The Morgan fingerprint density at radius 1 is 1.45 bits per heavy atom. The Bertz CT molecular complexity index is 647. The summed E-state index contributed by atoms with van der Waals surface area (Å²) < 4.78 is 1.89. The van der Waals surface area contributed by atoms with Gasteiger partial charge in [-0.2, -0.15) is 0 Å². The third-order valence-corrected chi connectivity index (χ3v) is 4.02. The van der Waals surface area contributed by atoms with E-state index in [2.05, 4.69) is 4.98 Å². The van der Waals surface area contributed by atoms with Gasteiger partial charge in [0.2, 0.25) is 5.91 Å². The molecule has 1 aliphatic heterocycles. The maximum absolute atomic E-state index is 12.5. The molecule has 1 aromatic heterocycles. The Hall–Kier alpha value is -1.88. The van der Waals surface area contributed by atoms with Gasteiger partial charge in [0.05, 0.1) is 23.0 Å². The number of hydrogen-bond donors (Lipinski definition) is 1. The van der Waals surface area contributed by atoms with E-state index in [1.54, 1.807) is 18.2 Å². The molecule has 0 radical (unpaired) electrons. The summed E-state index contributed by atoms with van der Waals surface area (Å²) in [6.07, 6.45) is 2.34. The number of likely N-dealkylation sites (tertiary alicyclic amines) is 1. The Labute approximate surface area is 117 Å². The number of hydrogen-bond acceptors (Lipinski definition) is 3. The lowest BCUT2D eigenvalue weighted by atomic mass is 10.1. The monoisotopic (exact) mass is 273 g/mol. The van der Waals surface area contributed by atoms with Gasteiger partial charge in [0, 0.05) is 13.1 Å². The molecule has 3 rings (SSSR count). The van der Waals surface area contributed by atoms with Crippen molar-refractivity contribution in [3.05, 3.63) is 30.6 Å². The van der Waals surface area contributed by atoms with Crippen LogP contribution in [0.3, 0.4) is 0 Å². The summed E-state index contributed by atoms with van der Waals surface area (Å²) in [6.45, 7) is 4.67. The lowest BCUT2D eigenvalue weighted by Crippen LogP contribution is -2.37. The third kappa shape index (κ3) is 2.18. The number of fused-ring (bicyclic) bond motifs is 1. The fourth-order valence-corrected chi connectivity index (χ4v) is 2.80. The van der Waals surface area contributed by atoms with Gasteiger partial charge in [0.15, 0.2) is 0 Å². The summed E-state index contributed by atoms with van der Waals surface area (Å²) in [5, 5.41) is 9.98. The first-order chi connectivity index (χ1) is 9.48. The van der Waals surface area contributed by atoms with Crippen molar-refractivity contribution in [2.24, 2.45) is 0 Å². The average Bonchev–Trinajstić information content (AvgIpc) is 3.00. The van der Waals surface area contributed by atoms with Crippen molar-refractivity contribution in [2.75, 3.05) is 13.1 Å². The number of benzene rings is 1. The van der Waals surface area contributed by atoms with Gasteiger partial charge in [0.1, 0.15) is 6.04 Å². The molecule has 106 valence electrons. The molecular weight excluding hydrogens is 254 g/mol. The second-order valence-electron chi connectivity index (χ2n) is 5.82. The maximum Gasteiger partial charge on any atom is 0.245 e. The Balaban J connectivity index is 1.85. The smallest absolute Gasteiger partial charge is 0.245 e. The first-order valence-electron chi connectivity index (χ1n) is 6.91. The number of imidazole rings is 1. The van der Waals surface area contributed by atoms with Gasteiger partial charge >= 0.3 is 0 Å². The number of carbonyl (C=O) groups is 1. The SMILES string of the molecule is CC(C(=O)N1CCC(C)(O)C1)n1cnc2ccccc21. The van der Waals surface area contributed by atoms with Gasteiger partial charge in [-0.15, -0.1) is 0 Å². The normalized spacial score (nSPS) is 24.2. The zero-order valence-electron chi connectivity index (χ0n) is 11.8. The van der Waals surface area contributed by atoms with Gasteiger partial charge in [-0.25, -0.2) is 4.98 Å². The topological polar surface area (TPSA) is 58.4 Å². The Kier molecular flexibility index (Phi) is 3.01. The second-order valence-corrected chi connectivity index (χ2v) is 5.82. The van der Waals surface area contributed by atoms with E-state index in [-0.39, 0.29) is 11.9 Å². The van der Waals surface area contributed by atoms with Gasteiger partial charge in [-0.3, -0.25) is 4.79 Å². The van der Waals surface area contributed by atoms with E-state index in [0.29, 0.717) is 19.5 Å². The van der Waals surface area contributed by atoms with E-state index in [9.17, 15) is 9.90 Å². The van der Waals surface area contributed by atoms with Crippen LogP contribution in [0.5, 0.6) is 0 Å². The minimum absolute atomic E-state index is 0.0333. The minimum Gasteiger partial charge on any atom is -0.388 e. The van der Waals surface area contributed by atoms with Crippen LogP contribution in [0.4, 0.5) is 0 Å². The molecule has 1 N–H and O–H groups in total. The molecule has 0 spiro atoms. The standard InChI is InChI=1S/C15H19N3O2/c1-11(14(19)17-8-7-15(2,20)9-17)18-10-16-12-5-3-4-6-13(12)18/h3-6,10-11,20H,7-9H2,1-2H3. The van der Waals surface area contributed by atoms with Crippen molar-refractivity contribution >= 4 is 16.9 Å². The maximum atomic E-state index is 12.5. The molecule has 5 nitrogen and oxygen atoms in total. The molecule has 1 saturated heterocycles. The summed E-state index contributed by atoms with van der Waals surface area (Å²) in [7, 11) is 0. The van der Waals surface area contributed by atoms with E-state index in [1.807, 2.05) is 35.8 Å². The molecule has 1 amide bonds. The fourth-order valence-electron chi connectivity index (χ4n) is 2.80. The molecule has 2 heterocycles. The average molecular weight is 273 g/mol. The Morgan fingerprint density at radius 2 is 2.20 bits per heavy atom. The summed E-state index contributed by atoms with van der Waals surface area (Å²) in [6, 6.07) is 7.47. The highest BCUT2D eigenvalue weighted by molar-refractivity contribution is 5.84. The van der Waals surface area contributed by atoms with Crippen molar-refractivity contribution < 1.29 is 9.90 Å². The third-order valence-electron chi connectivity index (χ3n) is 4.02. The van der Waals surface area contributed by atoms with Crippen LogP contribution in [-0.2, 0) is 4.79 Å². The molecule has 1 fully saturated rings. The highest BCUT2D eigenvalue weighted by Gasteiger charge is 2.36. The molecule has 1 aliphatic rings. The van der Waals surface area contributed by atoms with E-state index in [1.165, 1.54) is 0 Å². The van der Waals surface area contributed by atoms with Crippen molar-refractivity contribution in [1.82, 2.24) is 14.5 Å². The van der Waals surface area contributed by atoms with Crippen LogP contribution in [-0.4, -0.2) is 44.2 Å². The number of amides is 1. The molecule has 1 aromatic carbocycles. The first kappa shape index (κ1) is 13.1. The van der Waals surface area contributed by atoms with E-state index in [4.69, 9.17) is 0 Å². The fraction of sp³-hybridized carbons (Fsp3) is 0.467. The summed E-state index contributed by atoms with van der Waals surface area (Å²) in [4.78, 5) is 18.6. The summed E-state index contributed by atoms with van der Waals surface area (Å²) >= 11 is 0. The lowest BCUT2D eigenvalue weighted by molar-refractivity contribution is -0.134. The number of β-amino-alcohol motifs (C(OH)–C–C–N with tert-alkyl or cyclic N) is 1. The molecule has 2 unspecified atom stereocenters. The highest BCUT2D eigenvalue weighted by Crippen LogP contribution is 2.24. The predicted molar refractivity (Wildman–Crippen MR) is 76.3 cm³/mol. The molecule has 20 heavy (non-hydrogen) atoms. The van der Waals surface area contributed by atoms with Gasteiger partial charge in [-0.1, -0.05) is 12.1 Å². The number of aromatic nitrogens is 2. The van der Waals surface area contributed by atoms with Crippen LogP contribution < -0.4 is 0 Å². The summed E-state index contributed by atoms with van der Waals surface area (Å²) in [5.74, 6) is 0.0333. The van der Waals surface area contributed by atoms with Gasteiger partial charge in [-0.05, 0) is 32.4 Å². The van der Waals surface area contributed by atoms with Crippen LogP contribution in [0.2, 0.25) is 0 Å². The van der Waals surface area contributed by atoms with Crippen molar-refractivity contribution in [3.63, 3.8) is 0 Å². The number of nitrogens with zero attached hydrogens (tertiary/aromatic N) is 3. The first-order valence-corrected chi connectivity index (χ1v) is 6.91. The van der Waals surface area contributed by atoms with E-state index in [0.717, 1.165) is 11.0 Å². The molecule has 0 bridgehead atoms. The van der Waals surface area contributed by atoms with Gasteiger partial charge in [0.25, 0.3) is 0 Å². The van der Waals surface area contributed by atoms with Gasteiger partial charge < -0.3 is 14.6 Å². The molecule has 0 saturated carbocycles. The number of aliphatic hydroxyl groups is 1. The number of carbonyl (C=O) groups excluding carboxylic acids is 1. The van der Waals surface area contributed by atoms with Crippen LogP contribution in [0.1, 0.15) is 26.3 Å². The molecule has 0 aliphatic carbocycles. The minimum atomic E-state index is -0.758. The molecule has 2 atom stereocenters. The molecule has 5 heteroatoms. The van der Waals surface area contributed by atoms with Crippen molar-refractivity contribution in [1.29, 1.82) is 0 Å².